The number of aliphatic hydroxyl groups excluding tert-OH is 1. The van der Waals surface area contributed by atoms with Gasteiger partial charge in [0, 0.05) is 6.61 Å². The predicted octanol–water partition coefficient (Wildman–Crippen LogP) is 0.463. The maximum atomic E-state index is 11.0. The quantitative estimate of drug-likeness (QED) is 0.472. The van der Waals surface area contributed by atoms with E-state index in [1.54, 1.807) is 13.8 Å². The fourth-order valence-corrected chi connectivity index (χ4v) is 0.804. The Balaban J connectivity index is 3.41. The molecule has 0 aliphatic carbocycles. The van der Waals surface area contributed by atoms with Crippen LogP contribution in [-0.2, 0) is 9.53 Å². The van der Waals surface area contributed by atoms with Crippen LogP contribution in [0.4, 0.5) is 0 Å². The van der Waals surface area contributed by atoms with E-state index in [4.69, 9.17) is 9.84 Å². The summed E-state index contributed by atoms with van der Waals surface area (Å²) in [6, 6.07) is 0. The molecule has 0 bridgehead atoms. The number of carbonyl (C=O) groups is 1. The van der Waals surface area contributed by atoms with Crippen LogP contribution < -0.4 is 0 Å². The summed E-state index contributed by atoms with van der Waals surface area (Å²) in [6.45, 7) is 3.54. The minimum atomic E-state index is -1.01. The molecule has 0 saturated carbocycles. The zero-order chi connectivity index (χ0) is 10.3. The van der Waals surface area contributed by atoms with E-state index in [0.717, 1.165) is 0 Å². The minimum absolute atomic E-state index is 0.00608. The molecule has 78 valence electrons. The predicted molar refractivity (Wildman–Crippen MR) is 48.2 cm³/mol. The van der Waals surface area contributed by atoms with E-state index >= 15 is 0 Å². The van der Waals surface area contributed by atoms with Gasteiger partial charge in [0.25, 0.3) is 0 Å². The largest absolute Gasteiger partial charge is 0.466 e. The number of hydrogen-bond acceptors (Lipinski definition) is 4. The Morgan fingerprint density at radius 2 is 2.00 bits per heavy atom. The number of rotatable bonds is 6. The zero-order valence-corrected chi connectivity index (χ0v) is 8.25. The van der Waals surface area contributed by atoms with Crippen molar-refractivity contribution in [3.05, 3.63) is 0 Å². The molecule has 13 heavy (non-hydrogen) atoms. The van der Waals surface area contributed by atoms with Crippen LogP contribution in [0.3, 0.4) is 0 Å². The Bertz CT molecular complexity index is 148. The molecule has 0 aromatic heterocycles. The highest BCUT2D eigenvalue weighted by Gasteiger charge is 2.18. The average molecular weight is 190 g/mol. The fraction of sp³-hybridized carbons (Fsp3) is 0.889. The van der Waals surface area contributed by atoms with Crippen molar-refractivity contribution < 1.29 is 19.7 Å². The Labute approximate surface area is 78.5 Å². The fourth-order valence-electron chi connectivity index (χ4n) is 0.804. The zero-order valence-electron chi connectivity index (χ0n) is 8.25. The van der Waals surface area contributed by atoms with E-state index in [1.807, 2.05) is 0 Å². The smallest absolute Gasteiger partial charge is 0.308 e. The second kappa shape index (κ2) is 5.94. The molecule has 0 radical (unpaired) electrons. The van der Waals surface area contributed by atoms with E-state index in [1.165, 1.54) is 0 Å². The van der Waals surface area contributed by atoms with Crippen molar-refractivity contribution in [2.75, 3.05) is 13.2 Å². The van der Waals surface area contributed by atoms with Crippen LogP contribution in [0, 0.1) is 0 Å². The van der Waals surface area contributed by atoms with Gasteiger partial charge in [-0.1, -0.05) is 0 Å². The lowest BCUT2D eigenvalue weighted by atomic mass is 10.1. The van der Waals surface area contributed by atoms with Crippen molar-refractivity contribution >= 4 is 5.97 Å². The first kappa shape index (κ1) is 12.4. The molecular formula is C9H18O4. The van der Waals surface area contributed by atoms with Crippen molar-refractivity contribution in [3.63, 3.8) is 0 Å². The molecule has 0 aliphatic rings. The van der Waals surface area contributed by atoms with Crippen molar-refractivity contribution in [2.45, 2.75) is 38.7 Å². The van der Waals surface area contributed by atoms with Crippen molar-refractivity contribution in [3.8, 4) is 0 Å². The van der Waals surface area contributed by atoms with Gasteiger partial charge >= 0.3 is 5.97 Å². The highest BCUT2D eigenvalue weighted by molar-refractivity contribution is 5.70. The third kappa shape index (κ3) is 9.30. The van der Waals surface area contributed by atoms with Crippen LogP contribution in [0.5, 0.6) is 0 Å². The van der Waals surface area contributed by atoms with E-state index in [-0.39, 0.29) is 13.0 Å². The number of aliphatic hydroxyl groups is 2. The molecule has 2 N–H and O–H groups in total. The SMILES string of the molecule is CC(C)(O)CC(=O)OCCCCO. The lowest BCUT2D eigenvalue weighted by Crippen LogP contribution is -2.24. The van der Waals surface area contributed by atoms with Gasteiger partial charge in [-0.3, -0.25) is 4.79 Å². The van der Waals surface area contributed by atoms with Gasteiger partial charge in [-0.15, -0.1) is 0 Å². The first-order chi connectivity index (χ1) is 5.95. The van der Waals surface area contributed by atoms with Gasteiger partial charge in [-0.25, -0.2) is 0 Å². The minimum Gasteiger partial charge on any atom is -0.466 e. The van der Waals surface area contributed by atoms with Gasteiger partial charge in [0.05, 0.1) is 18.6 Å². The van der Waals surface area contributed by atoms with E-state index in [2.05, 4.69) is 0 Å². The molecule has 4 heteroatoms. The van der Waals surface area contributed by atoms with Crippen LogP contribution in [0.1, 0.15) is 33.1 Å². The van der Waals surface area contributed by atoms with E-state index < -0.39 is 11.6 Å². The second-order valence-corrected chi connectivity index (χ2v) is 3.64. The maximum absolute atomic E-state index is 11.0. The molecule has 0 unspecified atom stereocenters. The van der Waals surface area contributed by atoms with Crippen LogP contribution in [-0.4, -0.2) is 35.0 Å². The van der Waals surface area contributed by atoms with Gasteiger partial charge < -0.3 is 14.9 Å². The standard InChI is InChI=1S/C9H18O4/c1-9(2,12)7-8(11)13-6-4-3-5-10/h10,12H,3-7H2,1-2H3. The highest BCUT2D eigenvalue weighted by atomic mass is 16.5. The summed E-state index contributed by atoms with van der Waals surface area (Å²) in [5.74, 6) is -0.398. The number of carbonyl (C=O) groups excluding carboxylic acids is 1. The molecule has 0 amide bonds. The Morgan fingerprint density at radius 3 is 2.46 bits per heavy atom. The van der Waals surface area contributed by atoms with Gasteiger partial charge in [-0.2, -0.15) is 0 Å². The highest BCUT2D eigenvalue weighted by Crippen LogP contribution is 2.08. The summed E-state index contributed by atoms with van der Waals surface area (Å²) >= 11 is 0. The van der Waals surface area contributed by atoms with Gasteiger partial charge in [0.1, 0.15) is 0 Å². The summed E-state index contributed by atoms with van der Waals surface area (Å²) < 4.78 is 4.81. The van der Waals surface area contributed by atoms with Gasteiger partial charge in [0.15, 0.2) is 0 Å². The number of ether oxygens (including phenoxy) is 1. The molecule has 0 spiro atoms. The molecule has 0 rings (SSSR count). The monoisotopic (exact) mass is 190 g/mol. The molecule has 0 aliphatic heterocycles. The Kier molecular flexibility index (Phi) is 5.66. The molecular weight excluding hydrogens is 172 g/mol. The van der Waals surface area contributed by atoms with Crippen LogP contribution in [0.25, 0.3) is 0 Å². The van der Waals surface area contributed by atoms with Gasteiger partial charge in [-0.05, 0) is 26.7 Å². The van der Waals surface area contributed by atoms with Crippen molar-refractivity contribution in [1.29, 1.82) is 0 Å². The summed E-state index contributed by atoms with van der Waals surface area (Å²) in [5, 5.41) is 17.7. The van der Waals surface area contributed by atoms with Gasteiger partial charge in [0.2, 0.25) is 0 Å². The van der Waals surface area contributed by atoms with E-state index in [9.17, 15) is 9.90 Å². The third-order valence-corrected chi connectivity index (χ3v) is 1.39. The molecule has 0 aromatic carbocycles. The topological polar surface area (TPSA) is 66.8 Å². The molecule has 0 atom stereocenters. The van der Waals surface area contributed by atoms with Crippen molar-refractivity contribution in [1.82, 2.24) is 0 Å². The lowest BCUT2D eigenvalue weighted by Gasteiger charge is -2.15. The second-order valence-electron chi connectivity index (χ2n) is 3.64. The molecule has 0 aromatic rings. The summed E-state index contributed by atoms with van der Waals surface area (Å²) in [5.41, 5.74) is -1.01. The first-order valence-corrected chi connectivity index (χ1v) is 4.44. The Hall–Kier alpha value is -0.610. The van der Waals surface area contributed by atoms with Crippen molar-refractivity contribution in [2.24, 2.45) is 0 Å². The van der Waals surface area contributed by atoms with Crippen LogP contribution in [0.2, 0.25) is 0 Å². The summed E-state index contributed by atoms with van der Waals surface area (Å²) in [6.07, 6.45) is 1.30. The normalized spacial score (nSPS) is 11.4. The average Bonchev–Trinajstić information content (AvgIpc) is 1.94. The van der Waals surface area contributed by atoms with Crippen LogP contribution in [0.15, 0.2) is 0 Å². The van der Waals surface area contributed by atoms with E-state index in [0.29, 0.717) is 19.4 Å². The molecule has 0 fully saturated rings. The number of esters is 1. The molecule has 4 nitrogen and oxygen atoms in total. The van der Waals surface area contributed by atoms with Crippen LogP contribution >= 0.6 is 0 Å². The lowest BCUT2D eigenvalue weighted by molar-refractivity contribution is -0.148. The number of hydrogen-bond donors (Lipinski definition) is 2. The third-order valence-electron chi connectivity index (χ3n) is 1.39. The maximum Gasteiger partial charge on any atom is 0.308 e. The Morgan fingerprint density at radius 1 is 1.38 bits per heavy atom. The molecule has 0 saturated heterocycles. The number of unbranched alkanes of at least 4 members (excludes halogenated alkanes) is 1. The first-order valence-electron chi connectivity index (χ1n) is 4.44. The summed E-state index contributed by atoms with van der Waals surface area (Å²) in [7, 11) is 0. The molecule has 0 heterocycles. The summed E-state index contributed by atoms with van der Waals surface area (Å²) in [4.78, 5) is 11.0.